The topological polar surface area (TPSA) is 28.2 Å². The summed E-state index contributed by atoms with van der Waals surface area (Å²) in [5.41, 5.74) is 1.33. The van der Waals surface area contributed by atoms with Gasteiger partial charge in [-0.15, -0.1) is 0 Å². The SMILES string of the molecule is CNc1ncccc1C1CCCN1C. The number of anilines is 1. The first-order valence-corrected chi connectivity index (χ1v) is 5.16. The molecule has 0 amide bonds. The fourth-order valence-corrected chi connectivity index (χ4v) is 2.20. The van der Waals surface area contributed by atoms with Crippen molar-refractivity contribution in [3.63, 3.8) is 0 Å². The maximum absolute atomic E-state index is 4.34. The molecule has 1 saturated heterocycles. The highest BCUT2D eigenvalue weighted by Gasteiger charge is 2.24. The Morgan fingerprint density at radius 2 is 2.43 bits per heavy atom. The highest BCUT2D eigenvalue weighted by atomic mass is 15.2. The predicted molar refractivity (Wildman–Crippen MR) is 58.4 cm³/mol. The summed E-state index contributed by atoms with van der Waals surface area (Å²) >= 11 is 0. The average molecular weight is 191 g/mol. The number of rotatable bonds is 2. The van der Waals surface area contributed by atoms with Crippen LogP contribution in [0.4, 0.5) is 5.82 Å². The van der Waals surface area contributed by atoms with Crippen LogP contribution in [0.2, 0.25) is 0 Å². The maximum Gasteiger partial charge on any atom is 0.130 e. The summed E-state index contributed by atoms with van der Waals surface area (Å²) in [4.78, 5) is 6.74. The maximum atomic E-state index is 4.34. The van der Waals surface area contributed by atoms with E-state index in [0.29, 0.717) is 6.04 Å². The van der Waals surface area contributed by atoms with E-state index in [2.05, 4.69) is 28.3 Å². The van der Waals surface area contributed by atoms with Gasteiger partial charge in [0, 0.05) is 24.8 Å². The largest absolute Gasteiger partial charge is 0.373 e. The van der Waals surface area contributed by atoms with Crippen molar-refractivity contribution in [2.45, 2.75) is 18.9 Å². The second-order valence-corrected chi connectivity index (χ2v) is 3.83. The highest BCUT2D eigenvalue weighted by molar-refractivity contribution is 5.45. The number of nitrogens with one attached hydrogen (secondary N) is 1. The minimum absolute atomic E-state index is 0.547. The summed E-state index contributed by atoms with van der Waals surface area (Å²) in [6, 6.07) is 4.74. The molecule has 1 atom stereocenters. The Bertz CT molecular complexity index is 311. The summed E-state index contributed by atoms with van der Waals surface area (Å²) in [5.74, 6) is 1.02. The van der Waals surface area contributed by atoms with Gasteiger partial charge >= 0.3 is 0 Å². The molecule has 2 rings (SSSR count). The standard InChI is InChI=1S/C11H17N3/c1-12-11-9(5-3-7-13-11)10-6-4-8-14(10)2/h3,5,7,10H,4,6,8H2,1-2H3,(H,12,13). The quantitative estimate of drug-likeness (QED) is 0.773. The molecule has 1 aromatic rings. The summed E-state index contributed by atoms with van der Waals surface area (Å²) in [6.45, 7) is 1.20. The molecular weight excluding hydrogens is 174 g/mol. The second kappa shape index (κ2) is 3.96. The number of hydrogen-bond donors (Lipinski definition) is 1. The molecule has 1 unspecified atom stereocenters. The summed E-state index contributed by atoms with van der Waals surface area (Å²) in [6.07, 6.45) is 4.38. The van der Waals surface area contributed by atoms with Gasteiger partial charge in [-0.2, -0.15) is 0 Å². The van der Waals surface area contributed by atoms with E-state index >= 15 is 0 Å². The first-order chi connectivity index (χ1) is 6.83. The van der Waals surface area contributed by atoms with Gasteiger partial charge in [0.1, 0.15) is 5.82 Å². The van der Waals surface area contributed by atoms with Crippen LogP contribution in [0.25, 0.3) is 0 Å². The number of nitrogens with zero attached hydrogens (tertiary/aromatic N) is 2. The molecule has 3 heteroatoms. The van der Waals surface area contributed by atoms with Crippen LogP contribution in [-0.2, 0) is 0 Å². The summed E-state index contributed by atoms with van der Waals surface area (Å²) < 4.78 is 0. The van der Waals surface area contributed by atoms with E-state index in [1.165, 1.54) is 24.9 Å². The Hall–Kier alpha value is -1.09. The first kappa shape index (κ1) is 9.46. The van der Waals surface area contributed by atoms with E-state index in [1.807, 2.05) is 19.3 Å². The molecule has 1 aliphatic rings. The van der Waals surface area contributed by atoms with Crippen molar-refractivity contribution < 1.29 is 0 Å². The van der Waals surface area contributed by atoms with E-state index in [1.54, 1.807) is 0 Å². The Kier molecular flexibility index (Phi) is 2.68. The molecule has 0 saturated carbocycles. The third-order valence-corrected chi connectivity index (χ3v) is 2.96. The van der Waals surface area contributed by atoms with Gasteiger partial charge in [-0.25, -0.2) is 4.98 Å². The van der Waals surface area contributed by atoms with Crippen molar-refractivity contribution in [2.24, 2.45) is 0 Å². The minimum Gasteiger partial charge on any atom is -0.373 e. The third-order valence-electron chi connectivity index (χ3n) is 2.96. The molecular formula is C11H17N3. The molecule has 3 nitrogen and oxygen atoms in total. The number of hydrogen-bond acceptors (Lipinski definition) is 3. The molecule has 1 fully saturated rings. The van der Waals surface area contributed by atoms with Gasteiger partial charge in [-0.05, 0) is 32.5 Å². The lowest BCUT2D eigenvalue weighted by Crippen LogP contribution is -2.18. The van der Waals surface area contributed by atoms with Crippen molar-refractivity contribution in [3.05, 3.63) is 23.9 Å². The van der Waals surface area contributed by atoms with Crippen molar-refractivity contribution >= 4 is 5.82 Å². The van der Waals surface area contributed by atoms with Gasteiger partial charge < -0.3 is 5.32 Å². The van der Waals surface area contributed by atoms with Crippen LogP contribution in [0.3, 0.4) is 0 Å². The molecule has 1 aliphatic heterocycles. The van der Waals surface area contributed by atoms with Gasteiger partial charge in [0.05, 0.1) is 0 Å². The summed E-state index contributed by atoms with van der Waals surface area (Å²) in [5, 5.41) is 3.16. The van der Waals surface area contributed by atoms with Gasteiger partial charge in [0.25, 0.3) is 0 Å². The van der Waals surface area contributed by atoms with Crippen molar-refractivity contribution in [1.82, 2.24) is 9.88 Å². The Morgan fingerprint density at radius 1 is 1.57 bits per heavy atom. The molecule has 1 aromatic heterocycles. The van der Waals surface area contributed by atoms with Crippen molar-refractivity contribution in [3.8, 4) is 0 Å². The predicted octanol–water partition coefficient (Wildman–Crippen LogP) is 1.89. The summed E-state index contributed by atoms with van der Waals surface area (Å²) in [7, 11) is 4.12. The van der Waals surface area contributed by atoms with E-state index in [0.717, 1.165) is 5.82 Å². The average Bonchev–Trinajstić information content (AvgIpc) is 2.64. The fraction of sp³-hybridized carbons (Fsp3) is 0.545. The third kappa shape index (κ3) is 1.60. The van der Waals surface area contributed by atoms with Crippen LogP contribution in [0, 0.1) is 0 Å². The van der Waals surface area contributed by atoms with Crippen LogP contribution in [-0.4, -0.2) is 30.5 Å². The van der Waals surface area contributed by atoms with Crippen LogP contribution in [0.15, 0.2) is 18.3 Å². The normalized spacial score (nSPS) is 22.6. The van der Waals surface area contributed by atoms with Crippen LogP contribution in [0.1, 0.15) is 24.4 Å². The first-order valence-electron chi connectivity index (χ1n) is 5.16. The van der Waals surface area contributed by atoms with Crippen molar-refractivity contribution in [2.75, 3.05) is 26.0 Å². The lowest BCUT2D eigenvalue weighted by atomic mass is 10.1. The van der Waals surface area contributed by atoms with E-state index < -0.39 is 0 Å². The Morgan fingerprint density at radius 3 is 3.07 bits per heavy atom. The van der Waals surface area contributed by atoms with Crippen molar-refractivity contribution in [1.29, 1.82) is 0 Å². The second-order valence-electron chi connectivity index (χ2n) is 3.83. The number of pyridine rings is 1. The lowest BCUT2D eigenvalue weighted by Gasteiger charge is -2.21. The molecule has 0 radical (unpaired) electrons. The molecule has 1 N–H and O–H groups in total. The monoisotopic (exact) mass is 191 g/mol. The zero-order valence-electron chi connectivity index (χ0n) is 8.83. The molecule has 0 aliphatic carbocycles. The number of aromatic nitrogens is 1. The van der Waals surface area contributed by atoms with Crippen LogP contribution in [0.5, 0.6) is 0 Å². The van der Waals surface area contributed by atoms with Crippen LogP contribution >= 0.6 is 0 Å². The molecule has 2 heterocycles. The van der Waals surface area contributed by atoms with E-state index in [9.17, 15) is 0 Å². The van der Waals surface area contributed by atoms with E-state index in [-0.39, 0.29) is 0 Å². The smallest absolute Gasteiger partial charge is 0.130 e. The zero-order valence-corrected chi connectivity index (χ0v) is 8.83. The minimum atomic E-state index is 0.547. The lowest BCUT2D eigenvalue weighted by molar-refractivity contribution is 0.317. The van der Waals surface area contributed by atoms with Gasteiger partial charge in [-0.1, -0.05) is 6.07 Å². The molecule has 0 bridgehead atoms. The van der Waals surface area contributed by atoms with Gasteiger partial charge in [-0.3, -0.25) is 4.90 Å². The highest BCUT2D eigenvalue weighted by Crippen LogP contribution is 2.33. The molecule has 76 valence electrons. The molecule has 14 heavy (non-hydrogen) atoms. The van der Waals surface area contributed by atoms with E-state index in [4.69, 9.17) is 0 Å². The number of likely N-dealkylation sites (tertiary alicyclic amines) is 1. The Balaban J connectivity index is 2.30. The van der Waals surface area contributed by atoms with Crippen LogP contribution < -0.4 is 5.32 Å². The Labute approximate surface area is 85.1 Å². The molecule has 0 aromatic carbocycles. The fourth-order valence-electron chi connectivity index (χ4n) is 2.20. The molecule has 0 spiro atoms. The van der Waals surface area contributed by atoms with Gasteiger partial charge in [0.15, 0.2) is 0 Å². The van der Waals surface area contributed by atoms with Gasteiger partial charge in [0.2, 0.25) is 0 Å². The zero-order chi connectivity index (χ0) is 9.97.